The van der Waals surface area contributed by atoms with Gasteiger partial charge in [-0.15, -0.1) is 11.6 Å². The van der Waals surface area contributed by atoms with Gasteiger partial charge in [0.15, 0.2) is 0 Å². The van der Waals surface area contributed by atoms with E-state index in [0.29, 0.717) is 12.4 Å². The van der Waals surface area contributed by atoms with Crippen molar-refractivity contribution in [1.29, 1.82) is 0 Å². The third-order valence-electron chi connectivity index (χ3n) is 2.58. The van der Waals surface area contributed by atoms with Crippen molar-refractivity contribution in [2.24, 2.45) is 0 Å². The van der Waals surface area contributed by atoms with Gasteiger partial charge in [-0.25, -0.2) is 12.7 Å². The van der Waals surface area contributed by atoms with Crippen LogP contribution in [0.15, 0.2) is 24.3 Å². The molecule has 0 aromatic heterocycles. The lowest BCUT2D eigenvalue weighted by Crippen LogP contribution is -2.30. The Morgan fingerprint density at radius 3 is 2.61 bits per heavy atom. The van der Waals surface area contributed by atoms with Crippen LogP contribution in [-0.4, -0.2) is 38.3 Å². The van der Waals surface area contributed by atoms with E-state index in [1.807, 2.05) is 30.5 Å². The molecule has 0 bridgehead atoms. The normalized spacial score (nSPS) is 12.0. The third kappa shape index (κ3) is 4.80. The van der Waals surface area contributed by atoms with Crippen LogP contribution >= 0.6 is 23.4 Å². The van der Waals surface area contributed by atoms with Crippen molar-refractivity contribution in [3.05, 3.63) is 35.4 Å². The maximum absolute atomic E-state index is 12.1. The zero-order valence-electron chi connectivity index (χ0n) is 10.6. The van der Waals surface area contributed by atoms with Gasteiger partial charge in [-0.1, -0.05) is 24.3 Å². The SMILES string of the molecule is CSCCN(C)S(=O)(=O)Cc1cccc(CCl)c1. The van der Waals surface area contributed by atoms with Crippen molar-refractivity contribution in [3.8, 4) is 0 Å². The van der Waals surface area contributed by atoms with Crippen molar-refractivity contribution in [2.75, 3.05) is 25.6 Å². The average molecular weight is 308 g/mol. The zero-order chi connectivity index (χ0) is 13.6. The Balaban J connectivity index is 2.75. The minimum atomic E-state index is -3.23. The van der Waals surface area contributed by atoms with Crippen LogP contribution in [0.5, 0.6) is 0 Å². The number of hydrogen-bond donors (Lipinski definition) is 0. The monoisotopic (exact) mass is 307 g/mol. The molecular formula is C12H18ClNO2S2. The quantitative estimate of drug-likeness (QED) is 0.727. The summed E-state index contributed by atoms with van der Waals surface area (Å²) in [7, 11) is -1.61. The third-order valence-corrected chi connectivity index (χ3v) is 5.31. The van der Waals surface area contributed by atoms with Crippen molar-refractivity contribution >= 4 is 33.4 Å². The number of halogens is 1. The van der Waals surface area contributed by atoms with E-state index in [1.54, 1.807) is 18.8 Å². The molecule has 102 valence electrons. The summed E-state index contributed by atoms with van der Waals surface area (Å²) in [5, 5.41) is 0. The molecule has 0 aliphatic carbocycles. The molecule has 0 N–H and O–H groups in total. The van der Waals surface area contributed by atoms with Crippen molar-refractivity contribution in [2.45, 2.75) is 11.6 Å². The smallest absolute Gasteiger partial charge is 0.212 e. The van der Waals surface area contributed by atoms with Gasteiger partial charge in [0.2, 0.25) is 10.0 Å². The Hall–Kier alpha value is -0.230. The van der Waals surface area contributed by atoms with Crippen molar-refractivity contribution in [1.82, 2.24) is 4.31 Å². The number of thioether (sulfide) groups is 1. The highest BCUT2D eigenvalue weighted by Crippen LogP contribution is 2.13. The fraction of sp³-hybridized carbons (Fsp3) is 0.500. The van der Waals surface area contributed by atoms with Gasteiger partial charge < -0.3 is 0 Å². The molecule has 0 aliphatic heterocycles. The molecule has 3 nitrogen and oxygen atoms in total. The van der Waals surface area contributed by atoms with E-state index >= 15 is 0 Å². The number of alkyl halides is 1. The summed E-state index contributed by atoms with van der Waals surface area (Å²) in [4.78, 5) is 0. The van der Waals surface area contributed by atoms with E-state index in [-0.39, 0.29) is 5.75 Å². The highest BCUT2D eigenvalue weighted by atomic mass is 35.5. The van der Waals surface area contributed by atoms with Crippen LogP contribution in [-0.2, 0) is 21.7 Å². The topological polar surface area (TPSA) is 37.4 Å². The first-order valence-electron chi connectivity index (χ1n) is 5.56. The Morgan fingerprint density at radius 1 is 1.33 bits per heavy atom. The lowest BCUT2D eigenvalue weighted by Gasteiger charge is -2.16. The zero-order valence-corrected chi connectivity index (χ0v) is 13.0. The van der Waals surface area contributed by atoms with Gasteiger partial charge in [0.1, 0.15) is 0 Å². The van der Waals surface area contributed by atoms with E-state index in [1.165, 1.54) is 4.31 Å². The first kappa shape index (κ1) is 15.8. The molecule has 0 radical (unpaired) electrons. The molecule has 0 aliphatic rings. The van der Waals surface area contributed by atoms with E-state index in [4.69, 9.17) is 11.6 Å². The van der Waals surface area contributed by atoms with Gasteiger partial charge in [0.05, 0.1) is 5.75 Å². The summed E-state index contributed by atoms with van der Waals surface area (Å²) in [6, 6.07) is 7.38. The van der Waals surface area contributed by atoms with Gasteiger partial charge in [-0.2, -0.15) is 11.8 Å². The molecule has 0 saturated heterocycles. The van der Waals surface area contributed by atoms with Crippen LogP contribution in [0.25, 0.3) is 0 Å². The van der Waals surface area contributed by atoms with E-state index in [9.17, 15) is 8.42 Å². The van der Waals surface area contributed by atoms with Crippen molar-refractivity contribution in [3.63, 3.8) is 0 Å². The summed E-state index contributed by atoms with van der Waals surface area (Å²) in [6.45, 7) is 0.540. The van der Waals surface area contributed by atoms with Crippen LogP contribution in [0.1, 0.15) is 11.1 Å². The number of sulfonamides is 1. The predicted molar refractivity (Wildman–Crippen MR) is 79.6 cm³/mol. The maximum Gasteiger partial charge on any atom is 0.218 e. The van der Waals surface area contributed by atoms with E-state index < -0.39 is 10.0 Å². The molecule has 0 unspecified atom stereocenters. The largest absolute Gasteiger partial charge is 0.218 e. The van der Waals surface area contributed by atoms with Gasteiger partial charge in [-0.3, -0.25) is 0 Å². The summed E-state index contributed by atoms with van der Waals surface area (Å²) in [5.41, 5.74) is 1.72. The second-order valence-electron chi connectivity index (χ2n) is 4.02. The van der Waals surface area contributed by atoms with Crippen LogP contribution in [0.3, 0.4) is 0 Å². The minimum Gasteiger partial charge on any atom is -0.212 e. The number of nitrogens with zero attached hydrogens (tertiary/aromatic N) is 1. The molecular weight excluding hydrogens is 290 g/mol. The van der Waals surface area contributed by atoms with Crippen LogP contribution in [0.4, 0.5) is 0 Å². The fourth-order valence-corrected chi connectivity index (χ4v) is 3.41. The van der Waals surface area contributed by atoms with E-state index in [2.05, 4.69) is 0 Å². The molecule has 0 fully saturated rings. The van der Waals surface area contributed by atoms with Crippen LogP contribution in [0.2, 0.25) is 0 Å². The van der Waals surface area contributed by atoms with Gasteiger partial charge >= 0.3 is 0 Å². The molecule has 1 aromatic carbocycles. The van der Waals surface area contributed by atoms with Gasteiger partial charge in [0, 0.05) is 25.2 Å². The van der Waals surface area contributed by atoms with Gasteiger partial charge in [-0.05, 0) is 17.4 Å². The maximum atomic E-state index is 12.1. The summed E-state index contributed by atoms with van der Waals surface area (Å²) >= 11 is 7.37. The van der Waals surface area contributed by atoms with Crippen LogP contribution < -0.4 is 0 Å². The standard InChI is InChI=1S/C12H18ClNO2S2/c1-14(6-7-17-2)18(15,16)10-12-5-3-4-11(8-12)9-13/h3-5,8H,6-7,9-10H2,1-2H3. The fourth-order valence-electron chi connectivity index (χ4n) is 1.48. The first-order chi connectivity index (χ1) is 8.49. The molecule has 6 heteroatoms. The highest BCUT2D eigenvalue weighted by molar-refractivity contribution is 7.98. The lowest BCUT2D eigenvalue weighted by atomic mass is 10.2. The summed E-state index contributed by atoms with van der Waals surface area (Å²) in [5.74, 6) is 1.23. The van der Waals surface area contributed by atoms with Gasteiger partial charge in [0.25, 0.3) is 0 Å². The second-order valence-corrected chi connectivity index (χ2v) is 7.35. The average Bonchev–Trinajstić information content (AvgIpc) is 2.35. The minimum absolute atomic E-state index is 0.0304. The predicted octanol–water partition coefficient (Wildman–Crippen LogP) is 2.55. The highest BCUT2D eigenvalue weighted by Gasteiger charge is 2.17. The molecule has 0 saturated carbocycles. The Morgan fingerprint density at radius 2 is 2.00 bits per heavy atom. The number of hydrogen-bond acceptors (Lipinski definition) is 3. The second kappa shape index (κ2) is 7.38. The first-order valence-corrected chi connectivity index (χ1v) is 9.10. The Bertz CT molecular complexity index is 477. The van der Waals surface area contributed by atoms with Crippen LogP contribution in [0, 0.1) is 0 Å². The summed E-state index contributed by atoms with van der Waals surface area (Å²) in [6.07, 6.45) is 1.96. The summed E-state index contributed by atoms with van der Waals surface area (Å²) < 4.78 is 25.6. The van der Waals surface area contributed by atoms with E-state index in [0.717, 1.165) is 16.9 Å². The lowest BCUT2D eigenvalue weighted by molar-refractivity contribution is 0.487. The van der Waals surface area contributed by atoms with Crippen molar-refractivity contribution < 1.29 is 8.42 Å². The molecule has 18 heavy (non-hydrogen) atoms. The molecule has 0 atom stereocenters. The molecule has 0 heterocycles. The Labute approximate surface area is 119 Å². The number of rotatable bonds is 7. The molecule has 0 amide bonds. The Kier molecular flexibility index (Phi) is 6.49. The molecule has 1 rings (SSSR count). The molecule has 0 spiro atoms. The molecule has 1 aromatic rings. The number of benzene rings is 1.